The van der Waals surface area contributed by atoms with Gasteiger partial charge in [0.1, 0.15) is 0 Å². The Labute approximate surface area is 137 Å². The van der Waals surface area contributed by atoms with Gasteiger partial charge in [0, 0.05) is 43.6 Å². The van der Waals surface area contributed by atoms with Gasteiger partial charge in [0.15, 0.2) is 0 Å². The van der Waals surface area contributed by atoms with Crippen molar-refractivity contribution in [3.05, 3.63) is 23.0 Å². The molecule has 1 aromatic rings. The third kappa shape index (κ3) is 3.07. The van der Waals surface area contributed by atoms with Gasteiger partial charge in [-0.15, -0.1) is 0 Å². The van der Waals surface area contributed by atoms with Crippen LogP contribution in [-0.2, 0) is 4.74 Å². The predicted octanol–water partition coefficient (Wildman–Crippen LogP) is 2.35. The molecule has 0 N–H and O–H groups in total. The van der Waals surface area contributed by atoms with Gasteiger partial charge in [-0.05, 0) is 39.2 Å². The fraction of sp³-hybridized carbons (Fsp3) is 0.647. The van der Waals surface area contributed by atoms with E-state index in [-0.39, 0.29) is 12.0 Å². The van der Waals surface area contributed by atoms with Crippen molar-refractivity contribution in [3.8, 4) is 0 Å². The second kappa shape index (κ2) is 6.26. The lowest BCUT2D eigenvalue weighted by Crippen LogP contribution is -2.37. The standard InChI is InChI=1S/C17H25N3O3/c1-12-11-15(13(2)20(12)14-5-6-14)16(21)18-7-4-8-19(10-9-18)17(22)23-3/h11,14H,4-10H2,1-3H3. The number of aromatic nitrogens is 1. The number of rotatable bonds is 2. The number of methoxy groups -OCH3 is 1. The zero-order valence-corrected chi connectivity index (χ0v) is 14.2. The molecule has 2 amide bonds. The Kier molecular flexibility index (Phi) is 4.33. The Bertz CT molecular complexity index is 619. The van der Waals surface area contributed by atoms with Crippen molar-refractivity contribution in [2.45, 2.75) is 39.2 Å². The molecule has 1 saturated heterocycles. The van der Waals surface area contributed by atoms with Crippen LogP contribution in [0.25, 0.3) is 0 Å². The van der Waals surface area contributed by atoms with Gasteiger partial charge in [-0.1, -0.05) is 0 Å². The van der Waals surface area contributed by atoms with Crippen LogP contribution in [0.5, 0.6) is 0 Å². The minimum absolute atomic E-state index is 0.0803. The first-order chi connectivity index (χ1) is 11.0. The molecule has 0 aromatic carbocycles. The number of carbonyl (C=O) groups excluding carboxylic acids is 2. The Morgan fingerprint density at radius 2 is 1.74 bits per heavy atom. The smallest absolute Gasteiger partial charge is 0.409 e. The maximum atomic E-state index is 12.9. The lowest BCUT2D eigenvalue weighted by Gasteiger charge is -2.21. The van der Waals surface area contributed by atoms with Gasteiger partial charge in [0.05, 0.1) is 12.7 Å². The summed E-state index contributed by atoms with van der Waals surface area (Å²) in [5, 5.41) is 0. The lowest BCUT2D eigenvalue weighted by molar-refractivity contribution is 0.0756. The summed E-state index contributed by atoms with van der Waals surface area (Å²) >= 11 is 0. The molecule has 0 spiro atoms. The van der Waals surface area contributed by atoms with Gasteiger partial charge >= 0.3 is 6.09 Å². The van der Waals surface area contributed by atoms with Crippen LogP contribution in [0.3, 0.4) is 0 Å². The maximum absolute atomic E-state index is 12.9. The number of aryl methyl sites for hydroxylation is 1. The molecular weight excluding hydrogens is 294 g/mol. The molecule has 1 aliphatic carbocycles. The van der Waals surface area contributed by atoms with Crippen LogP contribution in [0.15, 0.2) is 6.07 Å². The van der Waals surface area contributed by atoms with Gasteiger partial charge in [-0.3, -0.25) is 4.79 Å². The van der Waals surface area contributed by atoms with Crippen molar-refractivity contribution in [2.24, 2.45) is 0 Å². The largest absolute Gasteiger partial charge is 0.453 e. The summed E-state index contributed by atoms with van der Waals surface area (Å²) in [6, 6.07) is 2.59. The zero-order chi connectivity index (χ0) is 16.6. The third-order valence-corrected chi connectivity index (χ3v) is 4.84. The molecule has 3 rings (SSSR count). The summed E-state index contributed by atoms with van der Waals surface area (Å²) in [6.45, 7) is 6.51. The van der Waals surface area contributed by atoms with Crippen LogP contribution < -0.4 is 0 Å². The number of ether oxygens (including phenoxy) is 1. The van der Waals surface area contributed by atoms with Crippen molar-refractivity contribution in [1.82, 2.24) is 14.4 Å². The normalized spacial score (nSPS) is 18.7. The van der Waals surface area contributed by atoms with E-state index in [1.165, 1.54) is 25.6 Å². The van der Waals surface area contributed by atoms with E-state index in [1.807, 2.05) is 17.9 Å². The quantitative estimate of drug-likeness (QED) is 0.841. The Hall–Kier alpha value is -1.98. The summed E-state index contributed by atoms with van der Waals surface area (Å²) in [6.07, 6.45) is 2.89. The van der Waals surface area contributed by atoms with E-state index in [0.29, 0.717) is 32.2 Å². The van der Waals surface area contributed by atoms with Gasteiger partial charge < -0.3 is 19.1 Å². The number of hydrogen-bond donors (Lipinski definition) is 0. The molecule has 1 saturated carbocycles. The van der Waals surface area contributed by atoms with E-state index in [2.05, 4.69) is 11.5 Å². The van der Waals surface area contributed by atoms with Crippen LogP contribution in [0.2, 0.25) is 0 Å². The highest BCUT2D eigenvalue weighted by molar-refractivity contribution is 5.95. The van der Waals surface area contributed by atoms with Crippen LogP contribution in [-0.4, -0.2) is 59.7 Å². The Morgan fingerprint density at radius 1 is 1.09 bits per heavy atom. The van der Waals surface area contributed by atoms with Crippen molar-refractivity contribution in [3.63, 3.8) is 0 Å². The highest BCUT2D eigenvalue weighted by atomic mass is 16.5. The summed E-state index contributed by atoms with van der Waals surface area (Å²) < 4.78 is 7.07. The first kappa shape index (κ1) is 15.9. The summed E-state index contributed by atoms with van der Waals surface area (Å²) in [5.41, 5.74) is 3.05. The molecule has 6 heteroatoms. The number of nitrogens with zero attached hydrogens (tertiary/aromatic N) is 3. The van der Waals surface area contributed by atoms with Crippen LogP contribution in [0, 0.1) is 13.8 Å². The molecule has 2 fully saturated rings. The van der Waals surface area contributed by atoms with Gasteiger partial charge in [-0.25, -0.2) is 4.79 Å². The van der Waals surface area contributed by atoms with Crippen LogP contribution in [0.4, 0.5) is 4.79 Å². The van der Waals surface area contributed by atoms with Crippen molar-refractivity contribution in [2.75, 3.05) is 33.3 Å². The van der Waals surface area contributed by atoms with Gasteiger partial charge in [0.2, 0.25) is 0 Å². The molecule has 1 aromatic heterocycles. The summed E-state index contributed by atoms with van der Waals surface area (Å²) in [7, 11) is 1.39. The lowest BCUT2D eigenvalue weighted by atomic mass is 10.2. The predicted molar refractivity (Wildman–Crippen MR) is 86.7 cm³/mol. The molecule has 0 atom stereocenters. The Morgan fingerprint density at radius 3 is 2.39 bits per heavy atom. The third-order valence-electron chi connectivity index (χ3n) is 4.84. The van der Waals surface area contributed by atoms with Crippen molar-refractivity contribution >= 4 is 12.0 Å². The van der Waals surface area contributed by atoms with Crippen molar-refractivity contribution in [1.29, 1.82) is 0 Å². The molecule has 1 aliphatic heterocycles. The molecule has 0 unspecified atom stereocenters. The Balaban J connectivity index is 1.73. The van der Waals surface area contributed by atoms with Gasteiger partial charge in [0.25, 0.3) is 5.91 Å². The minimum Gasteiger partial charge on any atom is -0.453 e. The molecule has 2 heterocycles. The monoisotopic (exact) mass is 319 g/mol. The SMILES string of the molecule is COC(=O)N1CCCN(C(=O)c2cc(C)n(C3CC3)c2C)CC1. The molecule has 0 bridgehead atoms. The van der Waals surface area contributed by atoms with E-state index in [9.17, 15) is 9.59 Å². The molecule has 6 nitrogen and oxygen atoms in total. The maximum Gasteiger partial charge on any atom is 0.409 e. The number of amides is 2. The van der Waals surface area contributed by atoms with Crippen LogP contribution >= 0.6 is 0 Å². The van der Waals surface area contributed by atoms with E-state index in [1.54, 1.807) is 4.90 Å². The minimum atomic E-state index is -0.314. The molecule has 0 radical (unpaired) electrons. The second-order valence-corrected chi connectivity index (χ2v) is 6.49. The summed E-state index contributed by atoms with van der Waals surface area (Å²) in [4.78, 5) is 28.1. The first-order valence-corrected chi connectivity index (χ1v) is 8.33. The fourth-order valence-electron chi connectivity index (χ4n) is 3.49. The topological polar surface area (TPSA) is 54.8 Å². The molecule has 23 heavy (non-hydrogen) atoms. The zero-order valence-electron chi connectivity index (χ0n) is 14.2. The van der Waals surface area contributed by atoms with E-state index >= 15 is 0 Å². The number of carbonyl (C=O) groups is 2. The van der Waals surface area contributed by atoms with E-state index in [4.69, 9.17) is 4.74 Å². The van der Waals surface area contributed by atoms with Crippen LogP contribution in [0.1, 0.15) is 47.1 Å². The average Bonchev–Trinajstić information content (AvgIpc) is 3.34. The molecule has 2 aliphatic rings. The first-order valence-electron chi connectivity index (χ1n) is 8.33. The fourth-order valence-corrected chi connectivity index (χ4v) is 3.49. The molecule has 126 valence electrons. The van der Waals surface area contributed by atoms with E-state index < -0.39 is 0 Å². The average molecular weight is 319 g/mol. The highest BCUT2D eigenvalue weighted by Crippen LogP contribution is 2.38. The number of hydrogen-bond acceptors (Lipinski definition) is 3. The van der Waals surface area contributed by atoms with Gasteiger partial charge in [-0.2, -0.15) is 0 Å². The second-order valence-electron chi connectivity index (χ2n) is 6.49. The van der Waals surface area contributed by atoms with Crippen molar-refractivity contribution < 1.29 is 14.3 Å². The summed E-state index contributed by atoms with van der Waals surface area (Å²) in [5.74, 6) is 0.0803. The molecular formula is C17H25N3O3. The highest BCUT2D eigenvalue weighted by Gasteiger charge is 2.30. The van der Waals surface area contributed by atoms with E-state index in [0.717, 1.165) is 17.7 Å².